The highest BCUT2D eigenvalue weighted by atomic mass is 79.9. The summed E-state index contributed by atoms with van der Waals surface area (Å²) in [6, 6.07) is 13.8. The van der Waals surface area contributed by atoms with E-state index in [1.165, 1.54) is 6.07 Å². The molecule has 0 fully saturated rings. The highest BCUT2D eigenvalue weighted by molar-refractivity contribution is 9.10. The molecule has 0 saturated heterocycles. The highest BCUT2D eigenvalue weighted by Gasteiger charge is 2.17. The van der Waals surface area contributed by atoms with Gasteiger partial charge in [0.25, 0.3) is 5.91 Å². The fourth-order valence-corrected chi connectivity index (χ4v) is 2.33. The molecule has 1 N–H and O–H groups in total. The minimum Gasteiger partial charge on any atom is -0.345 e. The van der Waals surface area contributed by atoms with E-state index in [9.17, 15) is 9.18 Å². The van der Waals surface area contributed by atoms with E-state index in [1.807, 2.05) is 37.3 Å². The first-order valence-electron chi connectivity index (χ1n) is 5.89. The molecule has 0 aliphatic heterocycles. The van der Waals surface area contributed by atoms with Crippen LogP contribution < -0.4 is 5.32 Å². The third kappa shape index (κ3) is 3.20. The lowest BCUT2D eigenvalue weighted by Gasteiger charge is -2.15. The molecular weight excluding hydrogens is 309 g/mol. The van der Waals surface area contributed by atoms with Gasteiger partial charge in [0.05, 0.1) is 11.6 Å². The first-order valence-corrected chi connectivity index (χ1v) is 6.68. The van der Waals surface area contributed by atoms with Crippen molar-refractivity contribution in [3.8, 4) is 0 Å². The molecule has 0 aliphatic carbocycles. The number of nitrogens with one attached hydrogen (secondary N) is 1. The molecule has 2 nitrogen and oxygen atoms in total. The summed E-state index contributed by atoms with van der Waals surface area (Å²) in [5.41, 5.74) is 1.01. The third-order valence-electron chi connectivity index (χ3n) is 2.84. The molecule has 0 saturated carbocycles. The average Bonchev–Trinajstić information content (AvgIpc) is 2.39. The summed E-state index contributed by atoms with van der Waals surface area (Å²) < 4.78 is 14.1. The number of rotatable bonds is 3. The topological polar surface area (TPSA) is 29.1 Å². The number of amides is 1. The summed E-state index contributed by atoms with van der Waals surface area (Å²) in [6.45, 7) is 1.86. The van der Waals surface area contributed by atoms with Gasteiger partial charge in [-0.3, -0.25) is 4.79 Å². The number of benzene rings is 2. The average molecular weight is 322 g/mol. The Labute approximate surface area is 119 Å². The molecule has 2 aromatic carbocycles. The maximum Gasteiger partial charge on any atom is 0.255 e. The number of halogens is 2. The quantitative estimate of drug-likeness (QED) is 0.906. The molecule has 1 atom stereocenters. The molecule has 1 amide bonds. The SMILES string of the molecule is C[C@H](NC(=O)c1c(F)cccc1Br)c1ccccc1. The van der Waals surface area contributed by atoms with Crippen LogP contribution in [0.4, 0.5) is 4.39 Å². The van der Waals surface area contributed by atoms with Crippen LogP contribution in [0.1, 0.15) is 28.9 Å². The maximum absolute atomic E-state index is 13.7. The van der Waals surface area contributed by atoms with Crippen molar-refractivity contribution in [2.75, 3.05) is 0 Å². The second-order valence-corrected chi connectivity index (χ2v) is 5.06. The summed E-state index contributed by atoms with van der Waals surface area (Å²) in [7, 11) is 0. The van der Waals surface area contributed by atoms with E-state index in [0.29, 0.717) is 4.47 Å². The molecule has 0 bridgehead atoms. The summed E-state index contributed by atoms with van der Waals surface area (Å²) in [5.74, 6) is -0.964. The molecule has 2 aromatic rings. The van der Waals surface area contributed by atoms with Crippen LogP contribution in [0.3, 0.4) is 0 Å². The van der Waals surface area contributed by atoms with E-state index < -0.39 is 11.7 Å². The lowest BCUT2D eigenvalue weighted by atomic mass is 10.1. The van der Waals surface area contributed by atoms with Gasteiger partial charge in [0.15, 0.2) is 0 Å². The van der Waals surface area contributed by atoms with E-state index in [1.54, 1.807) is 12.1 Å². The monoisotopic (exact) mass is 321 g/mol. The van der Waals surface area contributed by atoms with Crippen LogP contribution in [0.15, 0.2) is 53.0 Å². The van der Waals surface area contributed by atoms with Gasteiger partial charge in [-0.25, -0.2) is 4.39 Å². The van der Waals surface area contributed by atoms with Crippen LogP contribution in [0, 0.1) is 5.82 Å². The Balaban J connectivity index is 2.18. The Morgan fingerprint density at radius 1 is 1.16 bits per heavy atom. The molecule has 2 rings (SSSR count). The molecule has 0 heterocycles. The number of carbonyl (C=O) groups is 1. The first kappa shape index (κ1) is 13.7. The standard InChI is InChI=1S/C15H13BrFNO/c1-10(11-6-3-2-4-7-11)18-15(19)14-12(16)8-5-9-13(14)17/h2-10H,1H3,(H,18,19)/t10-/m0/s1. The lowest BCUT2D eigenvalue weighted by molar-refractivity contribution is 0.0935. The molecule has 4 heteroatoms. The Morgan fingerprint density at radius 2 is 1.84 bits per heavy atom. The van der Waals surface area contributed by atoms with Crippen LogP contribution in [-0.4, -0.2) is 5.91 Å². The molecule has 0 radical (unpaired) electrons. The summed E-state index contributed by atoms with van der Waals surface area (Å²) >= 11 is 3.19. The van der Waals surface area contributed by atoms with E-state index in [4.69, 9.17) is 0 Å². The second kappa shape index (κ2) is 5.97. The molecule has 0 spiro atoms. The zero-order valence-electron chi connectivity index (χ0n) is 10.4. The highest BCUT2D eigenvalue weighted by Crippen LogP contribution is 2.21. The molecule has 0 unspecified atom stereocenters. The van der Waals surface area contributed by atoms with Crippen molar-refractivity contribution in [1.29, 1.82) is 0 Å². The fraction of sp³-hybridized carbons (Fsp3) is 0.133. The van der Waals surface area contributed by atoms with E-state index in [2.05, 4.69) is 21.2 Å². The molecule has 19 heavy (non-hydrogen) atoms. The van der Waals surface area contributed by atoms with Gasteiger partial charge < -0.3 is 5.32 Å². The van der Waals surface area contributed by atoms with Crippen molar-refractivity contribution < 1.29 is 9.18 Å². The van der Waals surface area contributed by atoms with Crippen LogP contribution in [0.25, 0.3) is 0 Å². The third-order valence-corrected chi connectivity index (χ3v) is 3.50. The van der Waals surface area contributed by atoms with Gasteiger partial charge >= 0.3 is 0 Å². The van der Waals surface area contributed by atoms with Crippen LogP contribution in [0.5, 0.6) is 0 Å². The van der Waals surface area contributed by atoms with Gasteiger partial charge in [-0.15, -0.1) is 0 Å². The van der Waals surface area contributed by atoms with Crippen LogP contribution in [0.2, 0.25) is 0 Å². The van der Waals surface area contributed by atoms with Gasteiger partial charge in [0, 0.05) is 4.47 Å². The summed E-state index contributed by atoms with van der Waals surface area (Å²) in [4.78, 5) is 12.1. The summed E-state index contributed by atoms with van der Waals surface area (Å²) in [5, 5.41) is 2.79. The summed E-state index contributed by atoms with van der Waals surface area (Å²) in [6.07, 6.45) is 0. The van der Waals surface area contributed by atoms with Gasteiger partial charge in [-0.1, -0.05) is 36.4 Å². The first-order chi connectivity index (χ1) is 9.09. The second-order valence-electron chi connectivity index (χ2n) is 4.20. The van der Waals surface area contributed by atoms with Crippen molar-refractivity contribution >= 4 is 21.8 Å². The minimum absolute atomic E-state index is 0.0327. The van der Waals surface area contributed by atoms with Gasteiger partial charge in [-0.2, -0.15) is 0 Å². The van der Waals surface area contributed by atoms with Gasteiger partial charge in [0.2, 0.25) is 0 Å². The maximum atomic E-state index is 13.7. The molecule has 0 aliphatic rings. The van der Waals surface area contributed by atoms with Gasteiger partial charge in [0.1, 0.15) is 5.82 Å². The number of carbonyl (C=O) groups excluding carboxylic acids is 1. The normalized spacial score (nSPS) is 11.9. The van der Waals surface area contributed by atoms with E-state index in [-0.39, 0.29) is 11.6 Å². The largest absolute Gasteiger partial charge is 0.345 e. The Bertz CT molecular complexity index is 566. The molecule has 0 aromatic heterocycles. The molecular formula is C15H13BrFNO. The van der Waals surface area contributed by atoms with E-state index >= 15 is 0 Å². The van der Waals surface area contributed by atoms with Crippen molar-refractivity contribution in [3.63, 3.8) is 0 Å². The smallest absolute Gasteiger partial charge is 0.255 e. The Morgan fingerprint density at radius 3 is 2.47 bits per heavy atom. The number of hydrogen-bond donors (Lipinski definition) is 1. The number of hydrogen-bond acceptors (Lipinski definition) is 1. The predicted octanol–water partition coefficient (Wildman–Crippen LogP) is 4.08. The van der Waals surface area contributed by atoms with E-state index in [0.717, 1.165) is 5.56 Å². The van der Waals surface area contributed by atoms with Crippen LogP contribution >= 0.6 is 15.9 Å². The lowest BCUT2D eigenvalue weighted by Crippen LogP contribution is -2.27. The van der Waals surface area contributed by atoms with Crippen molar-refractivity contribution in [2.24, 2.45) is 0 Å². The van der Waals surface area contributed by atoms with Crippen molar-refractivity contribution in [2.45, 2.75) is 13.0 Å². The molecule has 98 valence electrons. The zero-order valence-corrected chi connectivity index (χ0v) is 11.9. The van der Waals surface area contributed by atoms with Gasteiger partial charge in [-0.05, 0) is 40.5 Å². The Hall–Kier alpha value is -1.68. The minimum atomic E-state index is -0.535. The zero-order chi connectivity index (χ0) is 13.8. The fourth-order valence-electron chi connectivity index (χ4n) is 1.81. The van der Waals surface area contributed by atoms with Crippen molar-refractivity contribution in [3.05, 3.63) is 69.9 Å². The van der Waals surface area contributed by atoms with Crippen molar-refractivity contribution in [1.82, 2.24) is 5.32 Å². The predicted molar refractivity (Wildman–Crippen MR) is 76.4 cm³/mol. The Kier molecular flexibility index (Phi) is 4.32. The van der Waals surface area contributed by atoms with Crippen LogP contribution in [-0.2, 0) is 0 Å².